The molecule has 8 rings (SSSR count). The molecule has 6 aromatic rings. The van der Waals surface area contributed by atoms with Gasteiger partial charge < -0.3 is 20.5 Å². The molecule has 0 aliphatic heterocycles. The summed E-state index contributed by atoms with van der Waals surface area (Å²) in [5.74, 6) is -3.02. The average molecular weight is 873 g/mol. The quantitative estimate of drug-likeness (QED) is 0.104. The Hall–Kier alpha value is -5.77. The smallest absolute Gasteiger partial charge is 0.256 e. The number of aliphatic hydroxyl groups excluding tert-OH is 1. The molecular formula is C38H49ClF4N16O2. The lowest BCUT2D eigenvalue weighted by molar-refractivity contribution is -0.0366. The van der Waals surface area contributed by atoms with Crippen molar-refractivity contribution < 1.29 is 27.4 Å². The lowest BCUT2D eigenvalue weighted by Gasteiger charge is -2.29. The molecule has 3 N–H and O–H groups in total. The summed E-state index contributed by atoms with van der Waals surface area (Å²) >= 11 is 6.07. The molecule has 18 nitrogen and oxygen atoms in total. The number of aryl methyl sites for hydroxylation is 6. The van der Waals surface area contributed by atoms with Gasteiger partial charge in [0.05, 0.1) is 41.8 Å². The van der Waals surface area contributed by atoms with E-state index < -0.39 is 11.8 Å². The van der Waals surface area contributed by atoms with Gasteiger partial charge in [-0.15, -0.1) is 10.2 Å². The summed E-state index contributed by atoms with van der Waals surface area (Å²) in [5.41, 5.74) is 4.98. The topological polar surface area (TPSA) is 202 Å². The van der Waals surface area contributed by atoms with Crippen molar-refractivity contribution in [2.45, 2.75) is 116 Å². The fourth-order valence-electron chi connectivity index (χ4n) is 6.72. The van der Waals surface area contributed by atoms with Crippen LogP contribution in [0, 0.1) is 27.7 Å². The maximum absolute atomic E-state index is 13.5. The minimum atomic E-state index is -2.58. The van der Waals surface area contributed by atoms with E-state index in [1.165, 1.54) is 10.9 Å². The highest BCUT2D eigenvalue weighted by molar-refractivity contribution is 6.29. The van der Waals surface area contributed by atoms with Crippen LogP contribution in [-0.2, 0) is 27.3 Å². The number of nitrogens with zero attached hydrogens (tertiary/aromatic N) is 14. The molecule has 23 heteroatoms. The van der Waals surface area contributed by atoms with Crippen molar-refractivity contribution in [2.75, 3.05) is 10.6 Å². The molecule has 6 aromatic heterocycles. The number of hydrogen-bond donors (Lipinski definition) is 3. The number of halogens is 5. The van der Waals surface area contributed by atoms with Crippen molar-refractivity contribution in [1.29, 1.82) is 0 Å². The minimum absolute atomic E-state index is 0.00347. The third kappa shape index (κ3) is 12.4. The molecule has 0 atom stereocenters. The average Bonchev–Trinajstić information content (AvgIpc) is 3.99. The van der Waals surface area contributed by atoms with Gasteiger partial charge in [-0.3, -0.25) is 4.68 Å². The largest absolute Gasteiger partial charge is 0.471 e. The van der Waals surface area contributed by atoms with E-state index in [4.69, 9.17) is 21.4 Å². The highest BCUT2D eigenvalue weighted by Crippen LogP contribution is 2.35. The first-order valence-electron chi connectivity index (χ1n) is 19.7. The van der Waals surface area contributed by atoms with Gasteiger partial charge in [0.15, 0.2) is 0 Å². The fourth-order valence-corrected chi connectivity index (χ4v) is 6.90. The van der Waals surface area contributed by atoms with E-state index in [2.05, 4.69) is 61.4 Å². The second-order valence-corrected chi connectivity index (χ2v) is 15.5. The van der Waals surface area contributed by atoms with E-state index in [1.54, 1.807) is 46.5 Å². The normalized spacial score (nSPS) is 16.3. The number of aromatic nitrogens is 14. The van der Waals surface area contributed by atoms with E-state index in [9.17, 15) is 17.6 Å². The van der Waals surface area contributed by atoms with Crippen LogP contribution in [0.2, 0.25) is 5.15 Å². The molecule has 0 unspecified atom stereocenters. The van der Waals surface area contributed by atoms with E-state index in [-0.39, 0.29) is 56.1 Å². The Bertz CT molecular complexity index is 2360. The second kappa shape index (κ2) is 19.3. The Balaban J connectivity index is 0.000000177. The Morgan fingerprint density at radius 3 is 1.56 bits per heavy atom. The van der Waals surface area contributed by atoms with Crippen molar-refractivity contribution in [3.63, 3.8) is 0 Å². The van der Waals surface area contributed by atoms with Crippen LogP contribution in [0.5, 0.6) is 5.88 Å². The lowest BCUT2D eigenvalue weighted by Crippen LogP contribution is -2.32. The third-order valence-corrected chi connectivity index (χ3v) is 10.3. The van der Waals surface area contributed by atoms with Gasteiger partial charge in [0, 0.05) is 75.4 Å². The molecule has 0 saturated heterocycles. The van der Waals surface area contributed by atoms with Crippen LogP contribution in [0.3, 0.4) is 0 Å². The number of ether oxygens (including phenoxy) is 1. The molecule has 61 heavy (non-hydrogen) atoms. The summed E-state index contributed by atoms with van der Waals surface area (Å²) < 4.78 is 65.7. The van der Waals surface area contributed by atoms with E-state index in [1.807, 2.05) is 39.8 Å². The predicted octanol–water partition coefficient (Wildman–Crippen LogP) is 6.21. The molecule has 0 amide bonds. The van der Waals surface area contributed by atoms with Crippen LogP contribution >= 0.6 is 11.6 Å². The molecule has 2 aliphatic carbocycles. The van der Waals surface area contributed by atoms with Crippen LogP contribution in [0.1, 0.15) is 85.5 Å². The maximum atomic E-state index is 13.5. The van der Waals surface area contributed by atoms with Crippen LogP contribution in [-0.4, -0.2) is 98.5 Å². The molecule has 0 bridgehead atoms. The highest BCUT2D eigenvalue weighted by Gasteiger charge is 2.36. The number of nitrogens with one attached hydrogen (secondary N) is 2. The maximum Gasteiger partial charge on any atom is 0.256 e. The SMILES string of the molecule is Cc1cc(C)n(-c2nc(Cl)cc(NC3CCC(F)(F)CC3)n2)n1.Cc1cc(C)n(-c2nc(NC3CCC(F)(F)CC3)cc(OCc3cnnn3C)n2)n1.Cn1nncc1CO. The number of hydrogen-bond acceptors (Lipinski definition) is 14. The number of alkyl halides is 4. The zero-order chi connectivity index (χ0) is 43.9. The van der Waals surface area contributed by atoms with Gasteiger partial charge >= 0.3 is 0 Å². The summed E-state index contributed by atoms with van der Waals surface area (Å²) in [6, 6.07) is 7.00. The van der Waals surface area contributed by atoms with Gasteiger partial charge in [0.2, 0.25) is 17.7 Å². The molecule has 0 aromatic carbocycles. The summed E-state index contributed by atoms with van der Waals surface area (Å²) in [6.45, 7) is 7.82. The highest BCUT2D eigenvalue weighted by atomic mass is 35.5. The molecule has 0 radical (unpaired) electrons. The lowest BCUT2D eigenvalue weighted by atomic mass is 9.92. The minimum Gasteiger partial charge on any atom is -0.471 e. The summed E-state index contributed by atoms with van der Waals surface area (Å²) in [5, 5.41) is 38.9. The van der Waals surface area contributed by atoms with E-state index in [0.717, 1.165) is 34.2 Å². The van der Waals surface area contributed by atoms with Gasteiger partial charge in [-0.1, -0.05) is 22.0 Å². The Morgan fingerprint density at radius 1 is 0.689 bits per heavy atom. The zero-order valence-corrected chi connectivity index (χ0v) is 35.5. The Morgan fingerprint density at radius 2 is 1.15 bits per heavy atom. The first-order valence-corrected chi connectivity index (χ1v) is 20.0. The zero-order valence-electron chi connectivity index (χ0n) is 34.7. The number of aliphatic hydroxyl groups is 1. The summed E-state index contributed by atoms with van der Waals surface area (Å²) in [7, 11) is 3.51. The molecule has 328 valence electrons. The molecule has 2 fully saturated rings. The number of rotatable bonds is 10. The first-order chi connectivity index (χ1) is 29.0. The Kier molecular flexibility index (Phi) is 14.2. The van der Waals surface area contributed by atoms with Gasteiger partial charge in [0.1, 0.15) is 23.4 Å². The molecule has 2 aliphatic rings. The molecule has 2 saturated carbocycles. The van der Waals surface area contributed by atoms with Crippen LogP contribution < -0.4 is 15.4 Å². The summed E-state index contributed by atoms with van der Waals surface area (Å²) in [6.07, 6.45) is 4.25. The van der Waals surface area contributed by atoms with Crippen LogP contribution in [0.25, 0.3) is 11.9 Å². The fraction of sp³-hybridized carbons (Fsp3) is 0.526. The van der Waals surface area contributed by atoms with E-state index >= 15 is 0 Å². The van der Waals surface area contributed by atoms with Crippen LogP contribution in [0.4, 0.5) is 29.2 Å². The second-order valence-electron chi connectivity index (χ2n) is 15.1. The van der Waals surface area contributed by atoms with Crippen molar-refractivity contribution >= 4 is 23.2 Å². The predicted molar refractivity (Wildman–Crippen MR) is 216 cm³/mol. The van der Waals surface area contributed by atoms with Crippen LogP contribution in [0.15, 0.2) is 36.7 Å². The van der Waals surface area contributed by atoms with Gasteiger partial charge in [-0.05, 0) is 65.5 Å². The molecular weight excluding hydrogens is 824 g/mol. The van der Waals surface area contributed by atoms with E-state index in [0.29, 0.717) is 55.1 Å². The molecule has 0 spiro atoms. The number of anilines is 2. The van der Waals surface area contributed by atoms with Crippen molar-refractivity contribution in [3.8, 4) is 17.8 Å². The van der Waals surface area contributed by atoms with Crippen molar-refractivity contribution in [2.24, 2.45) is 14.1 Å². The monoisotopic (exact) mass is 872 g/mol. The molecule has 6 heterocycles. The van der Waals surface area contributed by atoms with Gasteiger partial charge in [-0.2, -0.15) is 30.1 Å². The third-order valence-electron chi connectivity index (χ3n) is 10.1. The van der Waals surface area contributed by atoms with Crippen molar-refractivity contribution in [1.82, 2.24) is 69.5 Å². The Labute approximate surface area is 354 Å². The van der Waals surface area contributed by atoms with Gasteiger partial charge in [0.25, 0.3) is 11.9 Å². The standard InChI is InChI=1S/C19H24F2N8O.C15H18ClF2N5.C4H7N3O/c1-12-8-13(2)29(26-12)18-24-16(23-14-4-6-19(20,21)7-5-14)9-17(25-18)30-11-15-10-22-27-28(15)3;1-9-7-10(2)23(22-9)14-20-12(16)8-13(21-14)19-11-3-5-15(17,18)6-4-11;1-7-4(3-8)2-5-6-7/h8-10,14H,4-7,11H2,1-3H3,(H,23,24,25);7-8,11H,3-6H2,1-2H3,(H,19,20,21);2,8H,3H2,1H3. The summed E-state index contributed by atoms with van der Waals surface area (Å²) in [4.78, 5) is 17.6. The van der Waals surface area contributed by atoms with Crippen molar-refractivity contribution in [3.05, 3.63) is 76.0 Å². The first kappa shape index (κ1) is 44.8. The van der Waals surface area contributed by atoms with Gasteiger partial charge in [-0.25, -0.2) is 31.6 Å².